The summed E-state index contributed by atoms with van der Waals surface area (Å²) in [7, 11) is 0. The molecule has 0 aromatic heterocycles. The van der Waals surface area contributed by atoms with Crippen LogP contribution in [-0.2, 0) is 6.42 Å². The van der Waals surface area contributed by atoms with Crippen molar-refractivity contribution < 1.29 is 8.78 Å². The zero-order chi connectivity index (χ0) is 19.9. The molecule has 2 aliphatic rings. The number of allylic oxidation sites excluding steroid dienone is 3. The van der Waals surface area contributed by atoms with E-state index < -0.39 is 11.6 Å². The molecular formula is C26H36F2. The summed E-state index contributed by atoms with van der Waals surface area (Å²) in [6, 6.07) is 3.53. The van der Waals surface area contributed by atoms with Gasteiger partial charge in [0.2, 0.25) is 0 Å². The molecule has 0 aliphatic heterocycles. The van der Waals surface area contributed by atoms with Crippen LogP contribution in [0.5, 0.6) is 0 Å². The minimum Gasteiger partial charge on any atom is -0.203 e. The molecule has 3 rings (SSSR count). The molecule has 1 saturated carbocycles. The summed E-state index contributed by atoms with van der Waals surface area (Å²) < 4.78 is 28.6. The normalized spacial score (nSPS) is 25.4. The first-order valence-corrected chi connectivity index (χ1v) is 11.4. The Morgan fingerprint density at radius 3 is 2.43 bits per heavy atom. The summed E-state index contributed by atoms with van der Waals surface area (Å²) in [6.45, 7) is 5.66. The zero-order valence-electron chi connectivity index (χ0n) is 17.5. The topological polar surface area (TPSA) is 0 Å². The first kappa shape index (κ1) is 21.3. The quantitative estimate of drug-likeness (QED) is 0.311. The predicted octanol–water partition coefficient (Wildman–Crippen LogP) is 8.26. The molecule has 2 aliphatic carbocycles. The average molecular weight is 387 g/mol. The smallest absolute Gasteiger partial charge is 0.166 e. The van der Waals surface area contributed by atoms with E-state index >= 15 is 0 Å². The summed E-state index contributed by atoms with van der Waals surface area (Å²) >= 11 is 0. The van der Waals surface area contributed by atoms with Crippen molar-refractivity contribution in [3.8, 4) is 0 Å². The van der Waals surface area contributed by atoms with Gasteiger partial charge in [0.25, 0.3) is 0 Å². The number of hydrogen-bond acceptors (Lipinski definition) is 0. The van der Waals surface area contributed by atoms with Crippen molar-refractivity contribution in [2.24, 2.45) is 17.8 Å². The largest absolute Gasteiger partial charge is 0.203 e. The van der Waals surface area contributed by atoms with E-state index in [0.717, 1.165) is 49.0 Å². The van der Waals surface area contributed by atoms with Gasteiger partial charge in [-0.1, -0.05) is 56.9 Å². The lowest BCUT2D eigenvalue weighted by atomic mass is 9.70. The average Bonchev–Trinajstić information content (AvgIpc) is 2.74. The van der Waals surface area contributed by atoms with E-state index in [1.165, 1.54) is 44.9 Å². The molecule has 154 valence electrons. The van der Waals surface area contributed by atoms with Crippen LogP contribution in [0.2, 0.25) is 0 Å². The fraction of sp³-hybridized carbons (Fsp3) is 0.615. The van der Waals surface area contributed by atoms with Crippen molar-refractivity contribution in [1.82, 2.24) is 0 Å². The van der Waals surface area contributed by atoms with Crippen LogP contribution < -0.4 is 0 Å². The van der Waals surface area contributed by atoms with Crippen LogP contribution in [0, 0.1) is 29.4 Å². The molecule has 0 saturated heterocycles. The Balaban J connectivity index is 1.51. The van der Waals surface area contributed by atoms with Crippen LogP contribution in [0.1, 0.15) is 88.7 Å². The fourth-order valence-electron chi connectivity index (χ4n) is 5.31. The number of aryl methyl sites for hydroxylation is 1. The third-order valence-corrected chi connectivity index (χ3v) is 7.17. The maximum absolute atomic E-state index is 14.5. The third-order valence-electron chi connectivity index (χ3n) is 7.17. The second kappa shape index (κ2) is 10.4. The molecule has 0 nitrogen and oxygen atoms in total. The van der Waals surface area contributed by atoms with Crippen LogP contribution in [0.3, 0.4) is 0 Å². The second-order valence-electron chi connectivity index (χ2n) is 8.87. The molecule has 28 heavy (non-hydrogen) atoms. The highest BCUT2D eigenvalue weighted by Gasteiger charge is 2.29. The molecule has 1 unspecified atom stereocenters. The summed E-state index contributed by atoms with van der Waals surface area (Å²) in [4.78, 5) is 0. The van der Waals surface area contributed by atoms with Gasteiger partial charge in [0.05, 0.1) is 0 Å². The third kappa shape index (κ3) is 5.13. The van der Waals surface area contributed by atoms with Gasteiger partial charge in [-0.2, -0.15) is 0 Å². The van der Waals surface area contributed by atoms with Gasteiger partial charge in [0, 0.05) is 5.56 Å². The van der Waals surface area contributed by atoms with Gasteiger partial charge in [-0.05, 0) is 80.3 Å². The van der Waals surface area contributed by atoms with E-state index in [4.69, 9.17) is 0 Å². The number of rotatable bonds is 8. The van der Waals surface area contributed by atoms with Gasteiger partial charge in [-0.15, -0.1) is 6.58 Å². The highest BCUT2D eigenvalue weighted by Crippen LogP contribution is 2.42. The maximum atomic E-state index is 14.5. The van der Waals surface area contributed by atoms with Crippen molar-refractivity contribution in [1.29, 1.82) is 0 Å². The highest BCUT2D eigenvalue weighted by molar-refractivity contribution is 5.67. The second-order valence-corrected chi connectivity index (χ2v) is 8.87. The van der Waals surface area contributed by atoms with E-state index in [2.05, 4.69) is 12.7 Å². The van der Waals surface area contributed by atoms with Gasteiger partial charge in [0.1, 0.15) is 0 Å². The minimum atomic E-state index is -0.658. The predicted molar refractivity (Wildman–Crippen MR) is 115 cm³/mol. The number of unbranched alkanes of at least 4 members (excludes halogenated alkanes) is 2. The fourth-order valence-corrected chi connectivity index (χ4v) is 5.31. The standard InChI is InChI=1S/C26H36F2/c1-3-5-6-7-8-19-9-11-21(12-10-19)22-13-15-23(16-14-22)24-18-17-20(4-2)25(27)26(24)28/h3,15,17-19,21-22H,1,4-14,16H2,2H3. The molecular weight excluding hydrogens is 350 g/mol. The van der Waals surface area contributed by atoms with E-state index in [1.807, 2.05) is 13.0 Å². The van der Waals surface area contributed by atoms with Crippen LogP contribution in [0.15, 0.2) is 30.9 Å². The van der Waals surface area contributed by atoms with Crippen molar-refractivity contribution in [3.05, 3.63) is 53.6 Å². The van der Waals surface area contributed by atoms with Crippen molar-refractivity contribution in [2.45, 2.75) is 84.0 Å². The monoisotopic (exact) mass is 386 g/mol. The van der Waals surface area contributed by atoms with Gasteiger partial charge < -0.3 is 0 Å². The summed E-state index contributed by atoms with van der Waals surface area (Å²) in [5, 5.41) is 0. The Labute approximate surface area is 170 Å². The number of hydrogen-bond donors (Lipinski definition) is 0. The van der Waals surface area contributed by atoms with Crippen molar-refractivity contribution >= 4 is 5.57 Å². The van der Waals surface area contributed by atoms with Crippen LogP contribution >= 0.6 is 0 Å². The highest BCUT2D eigenvalue weighted by atomic mass is 19.2. The van der Waals surface area contributed by atoms with Crippen LogP contribution in [0.25, 0.3) is 5.57 Å². The Morgan fingerprint density at radius 1 is 1.00 bits per heavy atom. The number of halogens is 2. The molecule has 2 heteroatoms. The van der Waals surface area contributed by atoms with Crippen molar-refractivity contribution in [2.75, 3.05) is 0 Å². The maximum Gasteiger partial charge on any atom is 0.166 e. The Hall–Kier alpha value is -1.44. The van der Waals surface area contributed by atoms with Gasteiger partial charge in [-0.3, -0.25) is 0 Å². The van der Waals surface area contributed by atoms with E-state index in [1.54, 1.807) is 12.1 Å². The lowest BCUT2D eigenvalue weighted by molar-refractivity contribution is 0.187. The summed E-state index contributed by atoms with van der Waals surface area (Å²) in [6.07, 6.45) is 18.4. The molecule has 0 heterocycles. The number of benzene rings is 1. The molecule has 0 spiro atoms. The molecule has 0 N–H and O–H groups in total. The molecule has 0 bridgehead atoms. The lowest BCUT2D eigenvalue weighted by Gasteiger charge is -2.35. The molecule has 1 fully saturated rings. The van der Waals surface area contributed by atoms with Crippen LogP contribution in [-0.4, -0.2) is 0 Å². The Kier molecular flexibility index (Phi) is 7.88. The SMILES string of the molecule is C=CCCCCC1CCC(C2CC=C(c3ccc(CC)c(F)c3F)CC2)CC1. The molecule has 0 amide bonds. The molecule has 0 radical (unpaired) electrons. The Bertz CT molecular complexity index is 680. The van der Waals surface area contributed by atoms with Gasteiger partial charge in [-0.25, -0.2) is 8.78 Å². The minimum absolute atomic E-state index is 0.469. The summed E-state index contributed by atoms with van der Waals surface area (Å²) in [5.74, 6) is 1.17. The molecule has 1 aromatic carbocycles. The first-order valence-electron chi connectivity index (χ1n) is 11.4. The van der Waals surface area contributed by atoms with Gasteiger partial charge in [0.15, 0.2) is 11.6 Å². The van der Waals surface area contributed by atoms with Crippen LogP contribution in [0.4, 0.5) is 8.78 Å². The molecule has 1 atom stereocenters. The zero-order valence-corrected chi connectivity index (χ0v) is 17.5. The van der Waals surface area contributed by atoms with Crippen molar-refractivity contribution in [3.63, 3.8) is 0 Å². The lowest BCUT2D eigenvalue weighted by Crippen LogP contribution is -2.23. The van der Waals surface area contributed by atoms with Gasteiger partial charge >= 0.3 is 0 Å². The van der Waals surface area contributed by atoms with E-state index in [9.17, 15) is 8.78 Å². The first-order chi connectivity index (χ1) is 13.6. The summed E-state index contributed by atoms with van der Waals surface area (Å²) in [5.41, 5.74) is 1.96. The van der Waals surface area contributed by atoms with E-state index in [-0.39, 0.29) is 0 Å². The molecule has 1 aromatic rings. The van der Waals surface area contributed by atoms with E-state index in [0.29, 0.717) is 17.5 Å². The Morgan fingerprint density at radius 2 is 1.79 bits per heavy atom.